The van der Waals surface area contributed by atoms with Crippen molar-refractivity contribution in [3.8, 4) is 11.5 Å². The van der Waals surface area contributed by atoms with Gasteiger partial charge in [0.25, 0.3) is 5.91 Å². The third-order valence-corrected chi connectivity index (χ3v) is 3.73. The lowest BCUT2D eigenvalue weighted by Crippen LogP contribution is -2.22. The van der Waals surface area contributed by atoms with E-state index in [-0.39, 0.29) is 19.1 Å². The van der Waals surface area contributed by atoms with Gasteiger partial charge in [0.15, 0.2) is 11.5 Å². The van der Waals surface area contributed by atoms with Crippen molar-refractivity contribution in [2.75, 3.05) is 20.3 Å². The molecule has 1 N–H and O–H groups in total. The first kappa shape index (κ1) is 21.6. The minimum absolute atomic E-state index is 0.173. The summed E-state index contributed by atoms with van der Waals surface area (Å²) in [5.41, 5.74) is 1.79. The third-order valence-electron chi connectivity index (χ3n) is 3.73. The number of amides is 1. The van der Waals surface area contributed by atoms with Crippen LogP contribution in [-0.2, 0) is 17.9 Å². The monoisotopic (exact) mass is 397 g/mol. The molecule has 0 bridgehead atoms. The molecule has 0 atom stereocenters. The Balaban J connectivity index is 1.89. The number of ether oxygens (including phenoxy) is 3. The third kappa shape index (κ3) is 6.77. The number of rotatable bonds is 9. The Morgan fingerprint density at radius 2 is 1.71 bits per heavy atom. The van der Waals surface area contributed by atoms with Crippen LogP contribution in [0, 0.1) is 0 Å². The van der Waals surface area contributed by atoms with E-state index >= 15 is 0 Å². The molecule has 2 aromatic carbocycles. The number of carbonyl (C=O) groups is 1. The molecule has 2 aromatic rings. The smallest absolute Gasteiger partial charge is 0.411 e. The first-order valence-corrected chi connectivity index (χ1v) is 8.63. The van der Waals surface area contributed by atoms with Gasteiger partial charge in [-0.05, 0) is 42.3 Å². The Morgan fingerprint density at radius 1 is 1.04 bits per heavy atom. The second kappa shape index (κ2) is 9.98. The topological polar surface area (TPSA) is 56.8 Å². The summed E-state index contributed by atoms with van der Waals surface area (Å²) in [4.78, 5) is 12.3. The SMILES string of the molecule is CCOc1ccc(CNC(=O)c2ccc(COCC(F)(F)F)cc2)cc1OC. The maximum Gasteiger partial charge on any atom is 0.411 e. The number of hydrogen-bond donors (Lipinski definition) is 1. The fraction of sp³-hybridized carbons (Fsp3) is 0.350. The van der Waals surface area contributed by atoms with Crippen LogP contribution in [0.25, 0.3) is 0 Å². The van der Waals surface area contributed by atoms with Crippen LogP contribution in [0.2, 0.25) is 0 Å². The summed E-state index contributed by atoms with van der Waals surface area (Å²) in [5.74, 6) is 0.913. The number of carbonyl (C=O) groups excluding carboxylic acids is 1. The predicted molar refractivity (Wildman–Crippen MR) is 97.5 cm³/mol. The van der Waals surface area contributed by atoms with E-state index in [4.69, 9.17) is 9.47 Å². The zero-order valence-electron chi connectivity index (χ0n) is 15.6. The molecular formula is C20H22F3NO4. The van der Waals surface area contributed by atoms with Gasteiger partial charge in [-0.25, -0.2) is 0 Å². The van der Waals surface area contributed by atoms with Gasteiger partial charge in [0.05, 0.1) is 20.3 Å². The molecule has 0 aromatic heterocycles. The van der Waals surface area contributed by atoms with E-state index in [9.17, 15) is 18.0 Å². The highest BCUT2D eigenvalue weighted by Gasteiger charge is 2.27. The van der Waals surface area contributed by atoms with Crippen molar-refractivity contribution in [3.63, 3.8) is 0 Å². The highest BCUT2D eigenvalue weighted by Crippen LogP contribution is 2.28. The molecule has 28 heavy (non-hydrogen) atoms. The molecule has 0 aliphatic heterocycles. The molecule has 0 fully saturated rings. The predicted octanol–water partition coefficient (Wildman–Crippen LogP) is 4.10. The molecule has 0 saturated carbocycles. The van der Waals surface area contributed by atoms with Gasteiger partial charge >= 0.3 is 6.18 Å². The lowest BCUT2D eigenvalue weighted by molar-refractivity contribution is -0.176. The molecule has 0 aliphatic carbocycles. The van der Waals surface area contributed by atoms with Crippen LogP contribution >= 0.6 is 0 Å². The van der Waals surface area contributed by atoms with E-state index in [1.165, 1.54) is 0 Å². The Hall–Kier alpha value is -2.74. The van der Waals surface area contributed by atoms with Crippen molar-refractivity contribution in [3.05, 3.63) is 59.2 Å². The molecule has 8 heteroatoms. The number of benzene rings is 2. The normalized spacial score (nSPS) is 11.2. The molecule has 0 aliphatic rings. The minimum Gasteiger partial charge on any atom is -0.493 e. The quantitative estimate of drug-likeness (QED) is 0.692. The molecule has 0 radical (unpaired) electrons. The average Bonchev–Trinajstić information content (AvgIpc) is 2.66. The van der Waals surface area contributed by atoms with Gasteiger partial charge in [-0.2, -0.15) is 13.2 Å². The Bertz CT molecular complexity index is 776. The van der Waals surface area contributed by atoms with Crippen molar-refractivity contribution in [2.24, 2.45) is 0 Å². The summed E-state index contributed by atoms with van der Waals surface area (Å²) in [7, 11) is 1.54. The summed E-state index contributed by atoms with van der Waals surface area (Å²) >= 11 is 0. The van der Waals surface area contributed by atoms with Crippen molar-refractivity contribution >= 4 is 5.91 Å². The number of halogens is 3. The van der Waals surface area contributed by atoms with Crippen molar-refractivity contribution < 1.29 is 32.2 Å². The second-order valence-corrected chi connectivity index (χ2v) is 5.91. The van der Waals surface area contributed by atoms with Crippen LogP contribution in [0.3, 0.4) is 0 Å². The minimum atomic E-state index is -4.36. The molecule has 0 unspecified atom stereocenters. The van der Waals surface area contributed by atoms with Gasteiger partial charge in [-0.3, -0.25) is 4.79 Å². The average molecular weight is 397 g/mol. The first-order valence-electron chi connectivity index (χ1n) is 8.63. The molecule has 0 spiro atoms. The number of nitrogens with one attached hydrogen (secondary N) is 1. The fourth-order valence-electron chi connectivity index (χ4n) is 2.42. The largest absolute Gasteiger partial charge is 0.493 e. The summed E-state index contributed by atoms with van der Waals surface area (Å²) in [6, 6.07) is 11.6. The van der Waals surface area contributed by atoms with Gasteiger partial charge in [0, 0.05) is 12.1 Å². The fourth-order valence-corrected chi connectivity index (χ4v) is 2.42. The van der Waals surface area contributed by atoms with Crippen LogP contribution in [0.15, 0.2) is 42.5 Å². The molecule has 5 nitrogen and oxygen atoms in total. The molecular weight excluding hydrogens is 375 g/mol. The summed E-state index contributed by atoms with van der Waals surface area (Å²) in [6.45, 7) is 1.21. The lowest BCUT2D eigenvalue weighted by atomic mass is 10.1. The summed E-state index contributed by atoms with van der Waals surface area (Å²) in [5, 5.41) is 2.79. The van der Waals surface area contributed by atoms with Gasteiger partial charge in [0.2, 0.25) is 0 Å². The van der Waals surface area contributed by atoms with E-state index < -0.39 is 12.8 Å². The maximum absolute atomic E-state index is 12.3. The summed E-state index contributed by atoms with van der Waals surface area (Å²) < 4.78 is 51.5. The molecule has 1 amide bonds. The van der Waals surface area contributed by atoms with Crippen LogP contribution in [0.1, 0.15) is 28.4 Å². The molecule has 0 heterocycles. The maximum atomic E-state index is 12.3. The van der Waals surface area contributed by atoms with Gasteiger partial charge in [-0.15, -0.1) is 0 Å². The number of methoxy groups -OCH3 is 1. The van der Waals surface area contributed by atoms with E-state index in [2.05, 4.69) is 10.1 Å². The molecule has 0 saturated heterocycles. The lowest BCUT2D eigenvalue weighted by Gasteiger charge is -2.12. The van der Waals surface area contributed by atoms with Crippen LogP contribution in [0.5, 0.6) is 11.5 Å². The van der Waals surface area contributed by atoms with Crippen LogP contribution in [0.4, 0.5) is 13.2 Å². The van der Waals surface area contributed by atoms with Crippen molar-refractivity contribution in [2.45, 2.75) is 26.3 Å². The second-order valence-electron chi connectivity index (χ2n) is 5.91. The number of hydrogen-bond acceptors (Lipinski definition) is 4. The summed E-state index contributed by atoms with van der Waals surface area (Å²) in [6.07, 6.45) is -4.36. The Labute approximate surface area is 161 Å². The van der Waals surface area contributed by atoms with E-state index in [1.807, 2.05) is 13.0 Å². The Morgan fingerprint density at radius 3 is 2.32 bits per heavy atom. The first-order chi connectivity index (χ1) is 13.3. The van der Waals surface area contributed by atoms with Gasteiger partial charge in [0.1, 0.15) is 6.61 Å². The highest BCUT2D eigenvalue weighted by atomic mass is 19.4. The molecule has 152 valence electrons. The zero-order chi connectivity index (χ0) is 20.6. The standard InChI is InChI=1S/C20H22F3NO4/c1-3-28-17-9-6-15(10-18(17)26-2)11-24-19(25)16-7-4-14(5-8-16)12-27-13-20(21,22)23/h4-10H,3,11-13H2,1-2H3,(H,24,25). The van der Waals surface area contributed by atoms with Crippen molar-refractivity contribution in [1.29, 1.82) is 0 Å². The van der Waals surface area contributed by atoms with E-state index in [1.54, 1.807) is 43.5 Å². The van der Waals surface area contributed by atoms with Crippen molar-refractivity contribution in [1.82, 2.24) is 5.32 Å². The van der Waals surface area contributed by atoms with Gasteiger partial charge in [-0.1, -0.05) is 18.2 Å². The number of alkyl halides is 3. The highest BCUT2D eigenvalue weighted by molar-refractivity contribution is 5.94. The zero-order valence-corrected chi connectivity index (χ0v) is 15.6. The van der Waals surface area contributed by atoms with Crippen LogP contribution < -0.4 is 14.8 Å². The van der Waals surface area contributed by atoms with E-state index in [0.717, 1.165) is 5.56 Å². The van der Waals surface area contributed by atoms with E-state index in [0.29, 0.717) is 29.2 Å². The van der Waals surface area contributed by atoms with Crippen LogP contribution in [-0.4, -0.2) is 32.4 Å². The molecule has 2 rings (SSSR count). The Kier molecular flexibility index (Phi) is 7.69. The van der Waals surface area contributed by atoms with Gasteiger partial charge < -0.3 is 19.5 Å².